The molecule has 17 heavy (non-hydrogen) atoms. The molecule has 2 fully saturated rings. The van der Waals surface area contributed by atoms with E-state index >= 15 is 0 Å². The second kappa shape index (κ2) is 5.04. The molecule has 2 heterocycles. The molecule has 5 nitrogen and oxygen atoms in total. The van der Waals surface area contributed by atoms with Gasteiger partial charge in [-0.25, -0.2) is 4.79 Å². The van der Waals surface area contributed by atoms with Crippen LogP contribution in [0.15, 0.2) is 0 Å². The zero-order chi connectivity index (χ0) is 12.4. The molecule has 5 heteroatoms. The topological polar surface area (TPSA) is 69.6 Å². The van der Waals surface area contributed by atoms with Crippen molar-refractivity contribution < 1.29 is 14.7 Å². The van der Waals surface area contributed by atoms with E-state index in [0.29, 0.717) is 19.0 Å². The van der Waals surface area contributed by atoms with Crippen molar-refractivity contribution in [2.75, 3.05) is 13.1 Å². The summed E-state index contributed by atoms with van der Waals surface area (Å²) in [5.41, 5.74) is 0. The molecular formula is C12H20N2O3. The smallest absolute Gasteiger partial charge is 0.326 e. The largest absolute Gasteiger partial charge is 0.480 e. The zero-order valence-corrected chi connectivity index (χ0v) is 10.2. The minimum Gasteiger partial charge on any atom is -0.480 e. The summed E-state index contributed by atoms with van der Waals surface area (Å²) in [5, 5.41) is 12.4. The lowest BCUT2D eigenvalue weighted by atomic mass is 9.92. The van der Waals surface area contributed by atoms with Gasteiger partial charge in [0.15, 0.2) is 0 Å². The van der Waals surface area contributed by atoms with Crippen LogP contribution in [0.4, 0.5) is 0 Å². The molecule has 96 valence electrons. The molecule has 0 spiro atoms. The number of amides is 1. The van der Waals surface area contributed by atoms with Crippen molar-refractivity contribution in [3.8, 4) is 0 Å². The van der Waals surface area contributed by atoms with Gasteiger partial charge >= 0.3 is 5.97 Å². The van der Waals surface area contributed by atoms with Crippen molar-refractivity contribution in [3.63, 3.8) is 0 Å². The summed E-state index contributed by atoms with van der Waals surface area (Å²) in [6.45, 7) is 3.52. The van der Waals surface area contributed by atoms with Crippen LogP contribution in [0.3, 0.4) is 0 Å². The van der Waals surface area contributed by atoms with Gasteiger partial charge in [-0.05, 0) is 39.2 Å². The van der Waals surface area contributed by atoms with Crippen LogP contribution in [-0.4, -0.2) is 47.1 Å². The number of rotatable bonds is 2. The van der Waals surface area contributed by atoms with Crippen LogP contribution in [0, 0.1) is 5.92 Å². The first kappa shape index (κ1) is 12.4. The number of hydrogen-bond acceptors (Lipinski definition) is 3. The second-order valence-corrected chi connectivity index (χ2v) is 5.10. The molecule has 2 saturated heterocycles. The maximum Gasteiger partial charge on any atom is 0.326 e. The quantitative estimate of drug-likeness (QED) is 0.735. The number of aliphatic carboxylic acids is 1. The summed E-state index contributed by atoms with van der Waals surface area (Å²) >= 11 is 0. The first-order valence-corrected chi connectivity index (χ1v) is 6.36. The minimum absolute atomic E-state index is 0.00574. The monoisotopic (exact) mass is 240 g/mol. The van der Waals surface area contributed by atoms with Gasteiger partial charge in [-0.15, -0.1) is 0 Å². The van der Waals surface area contributed by atoms with Gasteiger partial charge in [0.2, 0.25) is 5.91 Å². The van der Waals surface area contributed by atoms with E-state index in [9.17, 15) is 9.59 Å². The number of carboxylic acid groups (broad SMARTS) is 1. The number of hydrogen-bond donors (Lipinski definition) is 2. The minimum atomic E-state index is -0.863. The van der Waals surface area contributed by atoms with Gasteiger partial charge in [-0.2, -0.15) is 0 Å². The van der Waals surface area contributed by atoms with Crippen molar-refractivity contribution in [1.29, 1.82) is 0 Å². The summed E-state index contributed by atoms with van der Waals surface area (Å²) < 4.78 is 0. The van der Waals surface area contributed by atoms with Crippen molar-refractivity contribution in [3.05, 3.63) is 0 Å². The number of carbonyl (C=O) groups is 2. The van der Waals surface area contributed by atoms with Gasteiger partial charge < -0.3 is 15.3 Å². The lowest BCUT2D eigenvalue weighted by Crippen LogP contribution is -2.47. The van der Waals surface area contributed by atoms with Gasteiger partial charge in [0.05, 0.1) is 0 Å². The van der Waals surface area contributed by atoms with Gasteiger partial charge in [-0.3, -0.25) is 4.79 Å². The van der Waals surface area contributed by atoms with Crippen LogP contribution in [-0.2, 0) is 9.59 Å². The molecule has 2 N–H and O–H groups in total. The van der Waals surface area contributed by atoms with Crippen molar-refractivity contribution >= 4 is 11.9 Å². The Morgan fingerprint density at radius 1 is 1.35 bits per heavy atom. The Morgan fingerprint density at radius 2 is 2.12 bits per heavy atom. The van der Waals surface area contributed by atoms with Crippen LogP contribution < -0.4 is 5.32 Å². The predicted octanol–water partition coefficient (Wildman–Crippen LogP) is 0.450. The Balaban J connectivity index is 2.01. The molecule has 2 rings (SSSR count). The molecule has 0 aromatic carbocycles. The van der Waals surface area contributed by atoms with E-state index < -0.39 is 12.0 Å². The first-order valence-electron chi connectivity index (χ1n) is 6.36. The van der Waals surface area contributed by atoms with Crippen LogP contribution >= 0.6 is 0 Å². The van der Waals surface area contributed by atoms with Crippen molar-refractivity contribution in [2.45, 2.75) is 44.7 Å². The highest BCUT2D eigenvalue weighted by molar-refractivity contribution is 5.85. The molecule has 2 unspecified atom stereocenters. The summed E-state index contributed by atoms with van der Waals surface area (Å²) in [7, 11) is 0. The van der Waals surface area contributed by atoms with Crippen LogP contribution in [0.5, 0.6) is 0 Å². The normalized spacial score (nSPS) is 33.7. The predicted molar refractivity (Wildman–Crippen MR) is 62.6 cm³/mol. The maximum absolute atomic E-state index is 12.3. The Hall–Kier alpha value is -1.10. The fourth-order valence-corrected chi connectivity index (χ4v) is 2.88. The summed E-state index contributed by atoms with van der Waals surface area (Å²) in [6, 6.07) is -0.240. The third-order valence-corrected chi connectivity index (χ3v) is 3.79. The number of nitrogens with zero attached hydrogens (tertiary/aromatic N) is 1. The Kier molecular flexibility index (Phi) is 3.66. The van der Waals surface area contributed by atoms with E-state index in [-0.39, 0.29) is 11.8 Å². The summed E-state index contributed by atoms with van der Waals surface area (Å²) in [4.78, 5) is 24.9. The lowest BCUT2D eigenvalue weighted by molar-refractivity contribution is -0.150. The third kappa shape index (κ3) is 2.60. The average molecular weight is 240 g/mol. The first-order chi connectivity index (χ1) is 8.09. The number of piperidine rings is 1. The second-order valence-electron chi connectivity index (χ2n) is 5.10. The summed E-state index contributed by atoms with van der Waals surface area (Å²) in [6.07, 6.45) is 3.05. The molecular weight excluding hydrogens is 220 g/mol. The fraction of sp³-hybridized carbons (Fsp3) is 0.833. The van der Waals surface area contributed by atoms with E-state index in [0.717, 1.165) is 25.8 Å². The number of carboxylic acids is 1. The molecule has 2 aliphatic rings. The molecule has 0 aromatic rings. The molecule has 1 amide bonds. The van der Waals surface area contributed by atoms with Crippen LogP contribution in [0.1, 0.15) is 32.6 Å². The standard InChI is InChI=1S/C12H20N2O3/c1-8-7-9(4-5-13-8)11(15)14-6-2-3-10(14)12(16)17/h8-10,13H,2-7H2,1H3,(H,16,17)/t8?,9?,10-/m0/s1. The highest BCUT2D eigenvalue weighted by atomic mass is 16.4. The number of likely N-dealkylation sites (tertiary alicyclic amines) is 1. The van der Waals surface area contributed by atoms with Gasteiger partial charge in [-0.1, -0.05) is 0 Å². The number of carbonyl (C=O) groups excluding carboxylic acids is 1. The van der Waals surface area contributed by atoms with Gasteiger partial charge in [0, 0.05) is 18.5 Å². The highest BCUT2D eigenvalue weighted by Crippen LogP contribution is 2.25. The van der Waals surface area contributed by atoms with Crippen molar-refractivity contribution in [1.82, 2.24) is 10.2 Å². The Morgan fingerprint density at radius 3 is 2.76 bits per heavy atom. The average Bonchev–Trinajstić information content (AvgIpc) is 2.77. The highest BCUT2D eigenvalue weighted by Gasteiger charge is 2.37. The zero-order valence-electron chi connectivity index (χ0n) is 10.2. The van der Waals surface area contributed by atoms with E-state index in [2.05, 4.69) is 12.2 Å². The molecule has 0 aromatic heterocycles. The molecule has 3 atom stereocenters. The fourth-order valence-electron chi connectivity index (χ4n) is 2.88. The van der Waals surface area contributed by atoms with Gasteiger partial charge in [0.25, 0.3) is 0 Å². The lowest BCUT2D eigenvalue weighted by Gasteiger charge is -2.31. The maximum atomic E-state index is 12.3. The van der Waals surface area contributed by atoms with E-state index in [1.807, 2.05) is 0 Å². The van der Waals surface area contributed by atoms with Gasteiger partial charge in [0.1, 0.15) is 6.04 Å². The Bertz CT molecular complexity index is 319. The molecule has 2 aliphatic heterocycles. The van der Waals surface area contributed by atoms with E-state index in [1.54, 1.807) is 4.90 Å². The van der Waals surface area contributed by atoms with Crippen molar-refractivity contribution in [2.24, 2.45) is 5.92 Å². The van der Waals surface area contributed by atoms with Crippen LogP contribution in [0.25, 0.3) is 0 Å². The summed E-state index contributed by atoms with van der Waals surface area (Å²) in [5.74, 6) is -0.813. The number of nitrogens with one attached hydrogen (secondary N) is 1. The molecule has 0 bridgehead atoms. The van der Waals surface area contributed by atoms with E-state index in [4.69, 9.17) is 5.11 Å². The third-order valence-electron chi connectivity index (χ3n) is 3.79. The Labute approximate surface area is 101 Å². The molecule has 0 aliphatic carbocycles. The van der Waals surface area contributed by atoms with Crippen LogP contribution in [0.2, 0.25) is 0 Å². The molecule has 0 radical (unpaired) electrons. The van der Waals surface area contributed by atoms with E-state index in [1.165, 1.54) is 0 Å². The molecule has 0 saturated carbocycles. The SMILES string of the molecule is CC1CC(C(=O)N2CCC[C@H]2C(=O)O)CCN1.